The van der Waals surface area contributed by atoms with E-state index in [4.69, 9.17) is 0 Å². The van der Waals surface area contributed by atoms with Gasteiger partial charge in [0, 0.05) is 31.6 Å². The first-order chi connectivity index (χ1) is 10.2. The quantitative estimate of drug-likeness (QED) is 0.809. The lowest BCUT2D eigenvalue weighted by molar-refractivity contribution is 0.180. The van der Waals surface area contributed by atoms with Crippen molar-refractivity contribution in [1.82, 2.24) is 14.9 Å². The van der Waals surface area contributed by atoms with Crippen LogP contribution in [0.4, 0.5) is 11.6 Å². The Balaban J connectivity index is 1.93. The van der Waals surface area contributed by atoms with Gasteiger partial charge in [0.15, 0.2) is 0 Å². The van der Waals surface area contributed by atoms with E-state index in [1.807, 2.05) is 6.07 Å². The van der Waals surface area contributed by atoms with Crippen molar-refractivity contribution in [2.75, 3.05) is 36.8 Å². The number of nitrogens with one attached hydrogen (secondary N) is 2. The summed E-state index contributed by atoms with van der Waals surface area (Å²) >= 11 is 0. The molecule has 5 nitrogen and oxygen atoms in total. The first-order valence-electron chi connectivity index (χ1n) is 8.32. The van der Waals surface area contributed by atoms with Gasteiger partial charge >= 0.3 is 0 Å². The van der Waals surface area contributed by atoms with Gasteiger partial charge in [-0.1, -0.05) is 13.3 Å². The van der Waals surface area contributed by atoms with Crippen LogP contribution in [0, 0.1) is 0 Å². The molecule has 2 heterocycles. The predicted molar refractivity (Wildman–Crippen MR) is 88.9 cm³/mol. The van der Waals surface area contributed by atoms with E-state index in [0.717, 1.165) is 37.0 Å². The van der Waals surface area contributed by atoms with E-state index in [1.165, 1.54) is 32.4 Å². The second-order valence-electron chi connectivity index (χ2n) is 5.77. The Morgan fingerprint density at radius 1 is 1.10 bits per heavy atom. The molecule has 21 heavy (non-hydrogen) atoms. The van der Waals surface area contributed by atoms with Gasteiger partial charge in [0.05, 0.1) is 0 Å². The van der Waals surface area contributed by atoms with Crippen LogP contribution >= 0.6 is 0 Å². The van der Waals surface area contributed by atoms with Gasteiger partial charge in [-0.2, -0.15) is 0 Å². The molecular formula is C16H29N5. The average Bonchev–Trinajstić information content (AvgIpc) is 2.53. The molecule has 1 fully saturated rings. The molecule has 118 valence electrons. The first kappa shape index (κ1) is 16.0. The molecule has 1 unspecified atom stereocenters. The fourth-order valence-corrected chi connectivity index (χ4v) is 2.76. The SMILES string of the molecule is CCNc1cc(NCC(C)N2CCCCC2)nc(CC)n1. The lowest BCUT2D eigenvalue weighted by Crippen LogP contribution is -2.41. The van der Waals surface area contributed by atoms with E-state index in [9.17, 15) is 0 Å². The van der Waals surface area contributed by atoms with Crippen molar-refractivity contribution in [2.45, 2.75) is 52.5 Å². The number of rotatable bonds is 7. The molecule has 1 aromatic rings. The van der Waals surface area contributed by atoms with E-state index in [-0.39, 0.29) is 0 Å². The van der Waals surface area contributed by atoms with Gasteiger partial charge in [0.25, 0.3) is 0 Å². The second-order valence-corrected chi connectivity index (χ2v) is 5.77. The maximum Gasteiger partial charge on any atom is 0.132 e. The topological polar surface area (TPSA) is 53.1 Å². The number of anilines is 2. The Kier molecular flexibility index (Phi) is 6.23. The Labute approximate surface area is 128 Å². The van der Waals surface area contributed by atoms with Crippen molar-refractivity contribution in [3.63, 3.8) is 0 Å². The molecular weight excluding hydrogens is 262 g/mol. The highest BCUT2D eigenvalue weighted by atomic mass is 15.2. The Hall–Kier alpha value is -1.36. The van der Waals surface area contributed by atoms with Gasteiger partial charge in [-0.3, -0.25) is 4.90 Å². The largest absolute Gasteiger partial charge is 0.370 e. The Morgan fingerprint density at radius 3 is 2.38 bits per heavy atom. The van der Waals surface area contributed by atoms with Crippen LogP contribution < -0.4 is 10.6 Å². The highest BCUT2D eigenvalue weighted by Gasteiger charge is 2.16. The molecule has 2 N–H and O–H groups in total. The normalized spacial score (nSPS) is 17.5. The molecule has 0 bridgehead atoms. The van der Waals surface area contributed by atoms with E-state index in [0.29, 0.717) is 6.04 Å². The van der Waals surface area contributed by atoms with E-state index in [2.05, 4.69) is 46.3 Å². The number of piperidine rings is 1. The molecule has 1 atom stereocenters. The van der Waals surface area contributed by atoms with Crippen LogP contribution in [0.2, 0.25) is 0 Å². The zero-order chi connectivity index (χ0) is 15.1. The molecule has 5 heteroatoms. The summed E-state index contributed by atoms with van der Waals surface area (Å²) in [7, 11) is 0. The third-order valence-corrected chi connectivity index (χ3v) is 4.04. The Bertz CT molecular complexity index is 429. The molecule has 0 amide bonds. The fourth-order valence-electron chi connectivity index (χ4n) is 2.76. The average molecular weight is 291 g/mol. The molecule has 1 aliphatic heterocycles. The summed E-state index contributed by atoms with van der Waals surface area (Å²) in [6, 6.07) is 2.55. The van der Waals surface area contributed by atoms with Gasteiger partial charge in [0.2, 0.25) is 0 Å². The lowest BCUT2D eigenvalue weighted by atomic mass is 10.1. The molecule has 0 aromatic carbocycles. The fraction of sp³-hybridized carbons (Fsp3) is 0.750. The molecule has 0 aliphatic carbocycles. The third kappa shape index (κ3) is 4.84. The smallest absolute Gasteiger partial charge is 0.132 e. The molecule has 1 aromatic heterocycles. The minimum absolute atomic E-state index is 0.549. The summed E-state index contributed by atoms with van der Waals surface area (Å²) < 4.78 is 0. The molecule has 0 saturated carbocycles. The zero-order valence-corrected chi connectivity index (χ0v) is 13.7. The van der Waals surface area contributed by atoms with Crippen LogP contribution in [0.3, 0.4) is 0 Å². The van der Waals surface area contributed by atoms with Crippen LogP contribution in [-0.4, -0.2) is 47.1 Å². The minimum atomic E-state index is 0.549. The van der Waals surface area contributed by atoms with Gasteiger partial charge in [-0.05, 0) is 39.8 Å². The number of hydrogen-bond donors (Lipinski definition) is 2. The van der Waals surface area contributed by atoms with E-state index >= 15 is 0 Å². The monoisotopic (exact) mass is 291 g/mol. The van der Waals surface area contributed by atoms with Gasteiger partial charge in [-0.15, -0.1) is 0 Å². The lowest BCUT2D eigenvalue weighted by Gasteiger charge is -2.32. The summed E-state index contributed by atoms with van der Waals surface area (Å²) in [5.41, 5.74) is 0. The summed E-state index contributed by atoms with van der Waals surface area (Å²) in [4.78, 5) is 11.6. The maximum absolute atomic E-state index is 4.57. The number of likely N-dealkylation sites (tertiary alicyclic amines) is 1. The molecule has 1 saturated heterocycles. The van der Waals surface area contributed by atoms with E-state index < -0.39 is 0 Å². The summed E-state index contributed by atoms with van der Waals surface area (Å²) in [5, 5.41) is 6.75. The van der Waals surface area contributed by atoms with Gasteiger partial charge in [0.1, 0.15) is 17.5 Å². The van der Waals surface area contributed by atoms with Crippen molar-refractivity contribution < 1.29 is 0 Å². The standard InChI is InChI=1S/C16H29N5/c1-4-14-19-15(17-5-2)11-16(20-14)18-12-13(3)21-9-7-6-8-10-21/h11,13H,4-10,12H2,1-3H3,(H2,17,18,19,20). The minimum Gasteiger partial charge on any atom is -0.370 e. The van der Waals surface area contributed by atoms with Crippen LogP contribution in [0.1, 0.15) is 45.9 Å². The highest BCUT2D eigenvalue weighted by molar-refractivity contribution is 5.47. The van der Waals surface area contributed by atoms with Crippen molar-refractivity contribution in [3.05, 3.63) is 11.9 Å². The number of nitrogens with zero attached hydrogens (tertiary/aromatic N) is 3. The number of hydrogen-bond acceptors (Lipinski definition) is 5. The zero-order valence-electron chi connectivity index (χ0n) is 13.7. The van der Waals surface area contributed by atoms with Crippen LogP contribution in [-0.2, 0) is 6.42 Å². The van der Waals surface area contributed by atoms with E-state index in [1.54, 1.807) is 0 Å². The molecule has 0 radical (unpaired) electrons. The molecule has 1 aliphatic rings. The second kappa shape index (κ2) is 8.17. The number of aromatic nitrogens is 2. The van der Waals surface area contributed by atoms with Crippen molar-refractivity contribution >= 4 is 11.6 Å². The Morgan fingerprint density at radius 2 is 1.76 bits per heavy atom. The van der Waals surface area contributed by atoms with Crippen LogP contribution in [0.5, 0.6) is 0 Å². The summed E-state index contributed by atoms with van der Waals surface area (Å²) in [6.07, 6.45) is 4.91. The van der Waals surface area contributed by atoms with Crippen LogP contribution in [0.25, 0.3) is 0 Å². The van der Waals surface area contributed by atoms with Gasteiger partial charge in [-0.25, -0.2) is 9.97 Å². The number of aryl methyl sites for hydroxylation is 1. The predicted octanol–water partition coefficient (Wildman–Crippen LogP) is 2.76. The van der Waals surface area contributed by atoms with Crippen molar-refractivity contribution in [3.8, 4) is 0 Å². The highest BCUT2D eigenvalue weighted by Crippen LogP contribution is 2.14. The maximum atomic E-state index is 4.57. The van der Waals surface area contributed by atoms with Crippen molar-refractivity contribution in [1.29, 1.82) is 0 Å². The van der Waals surface area contributed by atoms with Crippen molar-refractivity contribution in [2.24, 2.45) is 0 Å². The molecule has 0 spiro atoms. The first-order valence-corrected chi connectivity index (χ1v) is 8.32. The summed E-state index contributed by atoms with van der Waals surface area (Å²) in [6.45, 7) is 10.7. The molecule has 2 rings (SSSR count). The third-order valence-electron chi connectivity index (χ3n) is 4.04. The summed E-state index contributed by atoms with van der Waals surface area (Å²) in [5.74, 6) is 2.74. The van der Waals surface area contributed by atoms with Gasteiger partial charge < -0.3 is 10.6 Å². The van der Waals surface area contributed by atoms with Crippen LogP contribution in [0.15, 0.2) is 6.07 Å².